The first kappa shape index (κ1) is 11.2. The van der Waals surface area contributed by atoms with Gasteiger partial charge in [-0.05, 0) is 18.2 Å². The molecule has 0 aromatic carbocycles. The summed E-state index contributed by atoms with van der Waals surface area (Å²) in [5.41, 5.74) is 0.346. The number of hydrogen-bond acceptors (Lipinski definition) is 4. The van der Waals surface area contributed by atoms with Crippen LogP contribution in [0.15, 0.2) is 41.3 Å². The highest BCUT2D eigenvalue weighted by atomic mass is 16.3. The van der Waals surface area contributed by atoms with Crippen LogP contribution in [0.2, 0.25) is 0 Å². The van der Waals surface area contributed by atoms with Crippen LogP contribution in [0.4, 0.5) is 0 Å². The Morgan fingerprint density at radius 1 is 1.53 bits per heavy atom. The molecule has 0 unspecified atom stereocenters. The standard InChI is InChI=1S/C12H12N2O3/c1-14(8-11-3-2-4-17-11)12(16)9-5-10(15)7-13-6-9/h2-7,15H,8H2,1H3. The van der Waals surface area contributed by atoms with Gasteiger partial charge in [-0.3, -0.25) is 9.78 Å². The van der Waals surface area contributed by atoms with E-state index in [1.165, 1.54) is 23.4 Å². The van der Waals surface area contributed by atoms with Gasteiger partial charge in [0.25, 0.3) is 5.91 Å². The fraction of sp³-hybridized carbons (Fsp3) is 0.167. The van der Waals surface area contributed by atoms with E-state index in [9.17, 15) is 9.90 Å². The third-order valence-corrected chi connectivity index (χ3v) is 2.29. The van der Waals surface area contributed by atoms with Gasteiger partial charge >= 0.3 is 0 Å². The minimum Gasteiger partial charge on any atom is -0.506 e. The minimum absolute atomic E-state index is 0.0257. The number of aromatic hydroxyl groups is 1. The van der Waals surface area contributed by atoms with Gasteiger partial charge in [-0.25, -0.2) is 0 Å². The van der Waals surface area contributed by atoms with Crippen molar-refractivity contribution in [2.45, 2.75) is 6.54 Å². The monoisotopic (exact) mass is 232 g/mol. The van der Waals surface area contributed by atoms with E-state index in [1.807, 2.05) is 0 Å². The largest absolute Gasteiger partial charge is 0.506 e. The van der Waals surface area contributed by atoms with Gasteiger partial charge < -0.3 is 14.4 Å². The lowest BCUT2D eigenvalue weighted by Crippen LogP contribution is -2.26. The van der Waals surface area contributed by atoms with Crippen LogP contribution in [0, 0.1) is 0 Å². The third kappa shape index (κ3) is 2.63. The second-order valence-electron chi connectivity index (χ2n) is 3.67. The molecule has 88 valence electrons. The van der Waals surface area contributed by atoms with Crippen LogP contribution in [0.5, 0.6) is 5.75 Å². The van der Waals surface area contributed by atoms with Crippen molar-refractivity contribution in [2.75, 3.05) is 7.05 Å². The highest BCUT2D eigenvalue weighted by Crippen LogP contribution is 2.12. The zero-order valence-electron chi connectivity index (χ0n) is 9.33. The SMILES string of the molecule is CN(Cc1ccco1)C(=O)c1cncc(O)c1. The maximum Gasteiger partial charge on any atom is 0.255 e. The number of amides is 1. The van der Waals surface area contributed by atoms with Gasteiger partial charge in [-0.1, -0.05) is 0 Å². The Kier molecular flexibility index (Phi) is 3.09. The molecular weight excluding hydrogens is 220 g/mol. The molecule has 0 aliphatic rings. The maximum absolute atomic E-state index is 12.0. The molecule has 0 aliphatic heterocycles. The van der Waals surface area contributed by atoms with Crippen LogP contribution in [-0.4, -0.2) is 27.9 Å². The highest BCUT2D eigenvalue weighted by molar-refractivity contribution is 5.94. The third-order valence-electron chi connectivity index (χ3n) is 2.29. The van der Waals surface area contributed by atoms with Crippen molar-refractivity contribution in [1.29, 1.82) is 0 Å². The summed E-state index contributed by atoms with van der Waals surface area (Å²) in [6.45, 7) is 0.376. The molecule has 0 radical (unpaired) electrons. The number of carbonyl (C=O) groups excluding carboxylic acids is 1. The lowest BCUT2D eigenvalue weighted by molar-refractivity contribution is 0.0774. The molecule has 0 saturated heterocycles. The predicted octanol–water partition coefficient (Wildman–Crippen LogP) is 1.65. The van der Waals surface area contributed by atoms with Crippen molar-refractivity contribution >= 4 is 5.91 Å². The molecule has 17 heavy (non-hydrogen) atoms. The molecule has 0 fully saturated rings. The number of pyridine rings is 1. The van der Waals surface area contributed by atoms with E-state index in [0.717, 1.165) is 0 Å². The summed E-state index contributed by atoms with van der Waals surface area (Å²) < 4.78 is 5.16. The summed E-state index contributed by atoms with van der Waals surface area (Å²) in [6.07, 6.45) is 4.26. The topological polar surface area (TPSA) is 66.6 Å². The fourth-order valence-corrected chi connectivity index (χ4v) is 1.47. The molecule has 2 aromatic heterocycles. The lowest BCUT2D eigenvalue weighted by atomic mass is 10.2. The molecule has 0 saturated carbocycles. The molecule has 2 heterocycles. The highest BCUT2D eigenvalue weighted by Gasteiger charge is 2.13. The van der Waals surface area contributed by atoms with Gasteiger partial charge in [0.05, 0.1) is 24.6 Å². The number of nitrogens with zero attached hydrogens (tertiary/aromatic N) is 2. The first-order valence-electron chi connectivity index (χ1n) is 5.08. The Bertz CT molecular complexity index is 508. The Hall–Kier alpha value is -2.30. The molecule has 1 N–H and O–H groups in total. The molecule has 5 heteroatoms. The lowest BCUT2D eigenvalue weighted by Gasteiger charge is -2.15. The second kappa shape index (κ2) is 4.69. The van der Waals surface area contributed by atoms with E-state index >= 15 is 0 Å². The predicted molar refractivity (Wildman–Crippen MR) is 60.4 cm³/mol. The van der Waals surface area contributed by atoms with Gasteiger partial charge in [0, 0.05) is 13.2 Å². The quantitative estimate of drug-likeness (QED) is 0.873. The van der Waals surface area contributed by atoms with Crippen LogP contribution < -0.4 is 0 Å². The van der Waals surface area contributed by atoms with Crippen molar-refractivity contribution in [1.82, 2.24) is 9.88 Å². The molecule has 5 nitrogen and oxygen atoms in total. The average molecular weight is 232 g/mol. The summed E-state index contributed by atoms with van der Waals surface area (Å²) in [5.74, 6) is 0.459. The van der Waals surface area contributed by atoms with Crippen LogP contribution in [0.25, 0.3) is 0 Å². The number of rotatable bonds is 3. The molecule has 2 aromatic rings. The van der Waals surface area contributed by atoms with Gasteiger partial charge in [0.15, 0.2) is 0 Å². The zero-order chi connectivity index (χ0) is 12.3. The summed E-state index contributed by atoms with van der Waals surface area (Å²) in [7, 11) is 1.66. The fourth-order valence-electron chi connectivity index (χ4n) is 1.47. The van der Waals surface area contributed by atoms with Gasteiger partial charge in [0.1, 0.15) is 11.5 Å². The van der Waals surface area contributed by atoms with Gasteiger partial charge in [-0.15, -0.1) is 0 Å². The van der Waals surface area contributed by atoms with E-state index in [1.54, 1.807) is 25.4 Å². The van der Waals surface area contributed by atoms with Crippen LogP contribution >= 0.6 is 0 Å². The molecule has 2 rings (SSSR count). The molecule has 0 aliphatic carbocycles. The van der Waals surface area contributed by atoms with E-state index < -0.39 is 0 Å². The Balaban J connectivity index is 2.09. The van der Waals surface area contributed by atoms with E-state index in [2.05, 4.69) is 4.98 Å². The number of carbonyl (C=O) groups is 1. The van der Waals surface area contributed by atoms with E-state index in [0.29, 0.717) is 17.9 Å². The van der Waals surface area contributed by atoms with Crippen molar-refractivity contribution in [2.24, 2.45) is 0 Å². The molecular formula is C12H12N2O3. The molecule has 1 amide bonds. The zero-order valence-corrected chi connectivity index (χ0v) is 9.33. The van der Waals surface area contributed by atoms with Gasteiger partial charge in [-0.2, -0.15) is 0 Å². The number of furan rings is 1. The van der Waals surface area contributed by atoms with Crippen LogP contribution in [-0.2, 0) is 6.54 Å². The van der Waals surface area contributed by atoms with Crippen molar-refractivity contribution in [3.63, 3.8) is 0 Å². The van der Waals surface area contributed by atoms with Crippen LogP contribution in [0.1, 0.15) is 16.1 Å². The van der Waals surface area contributed by atoms with Crippen molar-refractivity contribution < 1.29 is 14.3 Å². The summed E-state index contributed by atoms with van der Waals surface area (Å²) >= 11 is 0. The number of hydrogen-bond donors (Lipinski definition) is 1. The molecule has 0 bridgehead atoms. The average Bonchev–Trinajstić information content (AvgIpc) is 2.80. The van der Waals surface area contributed by atoms with E-state index in [-0.39, 0.29) is 11.7 Å². The second-order valence-corrected chi connectivity index (χ2v) is 3.67. The minimum atomic E-state index is -0.218. The molecule has 0 atom stereocenters. The van der Waals surface area contributed by atoms with Crippen molar-refractivity contribution in [3.8, 4) is 5.75 Å². The summed E-state index contributed by atoms with van der Waals surface area (Å²) in [4.78, 5) is 17.2. The van der Waals surface area contributed by atoms with E-state index in [4.69, 9.17) is 4.42 Å². The Labute approximate surface area is 98.3 Å². The smallest absolute Gasteiger partial charge is 0.255 e. The Morgan fingerprint density at radius 3 is 3.00 bits per heavy atom. The first-order chi connectivity index (χ1) is 8.16. The van der Waals surface area contributed by atoms with Crippen LogP contribution in [0.3, 0.4) is 0 Å². The summed E-state index contributed by atoms with van der Waals surface area (Å²) in [5, 5.41) is 9.25. The normalized spacial score (nSPS) is 10.2. The number of aromatic nitrogens is 1. The summed E-state index contributed by atoms with van der Waals surface area (Å²) in [6, 6.07) is 4.95. The van der Waals surface area contributed by atoms with Crippen molar-refractivity contribution in [3.05, 3.63) is 48.2 Å². The Morgan fingerprint density at radius 2 is 2.35 bits per heavy atom. The first-order valence-corrected chi connectivity index (χ1v) is 5.08. The van der Waals surface area contributed by atoms with Gasteiger partial charge in [0.2, 0.25) is 0 Å². The maximum atomic E-state index is 12.0. The molecule has 0 spiro atoms.